The molecular weight excluding hydrogens is 184 g/mol. The first-order chi connectivity index (χ1) is 5.91. The Morgan fingerprint density at radius 3 is 2.00 bits per heavy atom. The molecule has 1 aromatic rings. The Kier molecular flexibility index (Phi) is 2.87. The molecule has 0 radical (unpaired) electrons. The lowest BCUT2D eigenvalue weighted by Crippen LogP contribution is -2.12. The summed E-state index contributed by atoms with van der Waals surface area (Å²) in [7, 11) is 0. The van der Waals surface area contributed by atoms with Crippen LogP contribution in [-0.2, 0) is 0 Å². The molecule has 13 heavy (non-hydrogen) atoms. The van der Waals surface area contributed by atoms with Crippen molar-refractivity contribution in [2.24, 2.45) is 5.41 Å². The molecule has 1 atom stereocenters. The van der Waals surface area contributed by atoms with Gasteiger partial charge in [-0.05, 0) is 23.1 Å². The number of halogens is 1. The highest BCUT2D eigenvalue weighted by molar-refractivity contribution is 6.21. The molecular formula is C11H15ClO. The van der Waals surface area contributed by atoms with Gasteiger partial charge >= 0.3 is 0 Å². The van der Waals surface area contributed by atoms with Gasteiger partial charge in [0.15, 0.2) is 0 Å². The summed E-state index contributed by atoms with van der Waals surface area (Å²) in [5.74, 6) is 0.279. The van der Waals surface area contributed by atoms with Crippen LogP contribution in [0.2, 0.25) is 0 Å². The van der Waals surface area contributed by atoms with Gasteiger partial charge < -0.3 is 5.11 Å². The van der Waals surface area contributed by atoms with Gasteiger partial charge in [-0.25, -0.2) is 0 Å². The van der Waals surface area contributed by atoms with Crippen LogP contribution in [-0.4, -0.2) is 5.11 Å². The van der Waals surface area contributed by atoms with Gasteiger partial charge in [-0.1, -0.05) is 32.9 Å². The highest BCUT2D eigenvalue weighted by Gasteiger charge is 2.23. The maximum Gasteiger partial charge on any atom is 0.115 e. The van der Waals surface area contributed by atoms with E-state index in [4.69, 9.17) is 16.7 Å². The minimum atomic E-state index is -0.0203. The molecule has 0 heterocycles. The third-order valence-corrected chi connectivity index (χ3v) is 2.85. The van der Waals surface area contributed by atoms with Gasteiger partial charge in [-0.15, -0.1) is 11.6 Å². The number of phenols is 1. The van der Waals surface area contributed by atoms with E-state index in [1.165, 1.54) is 0 Å². The summed E-state index contributed by atoms with van der Waals surface area (Å²) >= 11 is 6.25. The van der Waals surface area contributed by atoms with Crippen LogP contribution in [0, 0.1) is 5.41 Å². The van der Waals surface area contributed by atoms with E-state index in [0.717, 1.165) is 5.56 Å². The molecule has 0 aromatic heterocycles. The summed E-state index contributed by atoms with van der Waals surface area (Å²) < 4.78 is 0. The summed E-state index contributed by atoms with van der Waals surface area (Å²) in [6.45, 7) is 6.28. The van der Waals surface area contributed by atoms with Crippen LogP contribution in [0.4, 0.5) is 0 Å². The number of hydrogen-bond donors (Lipinski definition) is 1. The van der Waals surface area contributed by atoms with Gasteiger partial charge in [0.2, 0.25) is 0 Å². The maximum atomic E-state index is 9.10. The Labute approximate surface area is 84.4 Å². The van der Waals surface area contributed by atoms with Gasteiger partial charge in [0.25, 0.3) is 0 Å². The highest BCUT2D eigenvalue weighted by atomic mass is 35.5. The van der Waals surface area contributed by atoms with Gasteiger partial charge in [0, 0.05) is 0 Å². The smallest absolute Gasteiger partial charge is 0.115 e. The number of phenolic OH excluding ortho intramolecular Hbond substituents is 1. The normalized spacial score (nSPS) is 14.2. The number of hydrogen-bond acceptors (Lipinski definition) is 1. The lowest BCUT2D eigenvalue weighted by molar-refractivity contribution is 0.395. The molecule has 0 fully saturated rings. The summed E-state index contributed by atoms with van der Waals surface area (Å²) in [6, 6.07) is 7.05. The fourth-order valence-electron chi connectivity index (χ4n) is 1.14. The Bertz CT molecular complexity index is 271. The van der Waals surface area contributed by atoms with Crippen LogP contribution in [0.5, 0.6) is 5.75 Å². The van der Waals surface area contributed by atoms with Crippen molar-refractivity contribution in [3.8, 4) is 5.75 Å². The fourth-order valence-corrected chi connectivity index (χ4v) is 1.29. The van der Waals surface area contributed by atoms with Crippen molar-refractivity contribution in [3.05, 3.63) is 29.8 Å². The molecule has 0 spiro atoms. The average Bonchev–Trinajstić information content (AvgIpc) is 2.03. The highest BCUT2D eigenvalue weighted by Crippen LogP contribution is 2.38. The standard InChI is InChI=1S/C11H15ClO/c1-11(2,3)10(12)8-4-6-9(13)7-5-8/h4-7,10,13H,1-3H3. The molecule has 0 bridgehead atoms. The van der Waals surface area contributed by atoms with Crippen LogP contribution in [0.15, 0.2) is 24.3 Å². The first kappa shape index (κ1) is 10.4. The van der Waals surface area contributed by atoms with Gasteiger partial charge in [-0.2, -0.15) is 0 Å². The van der Waals surface area contributed by atoms with Crippen molar-refractivity contribution in [3.63, 3.8) is 0 Å². The Morgan fingerprint density at radius 1 is 1.15 bits per heavy atom. The minimum absolute atomic E-state index is 0.0203. The second-order valence-corrected chi connectivity index (χ2v) is 4.76. The van der Waals surface area contributed by atoms with Gasteiger partial charge in [-0.3, -0.25) is 0 Å². The van der Waals surface area contributed by atoms with E-state index in [2.05, 4.69) is 20.8 Å². The largest absolute Gasteiger partial charge is 0.508 e. The lowest BCUT2D eigenvalue weighted by Gasteiger charge is -2.25. The molecule has 0 aliphatic carbocycles. The zero-order valence-corrected chi connectivity index (χ0v) is 8.97. The first-order valence-corrected chi connectivity index (χ1v) is 4.78. The van der Waals surface area contributed by atoms with E-state index in [-0.39, 0.29) is 16.5 Å². The van der Waals surface area contributed by atoms with Gasteiger partial charge in [0.1, 0.15) is 5.75 Å². The van der Waals surface area contributed by atoms with Crippen molar-refractivity contribution >= 4 is 11.6 Å². The summed E-state index contributed by atoms with van der Waals surface area (Å²) in [6.07, 6.45) is 0. The molecule has 2 heteroatoms. The van der Waals surface area contributed by atoms with E-state index in [1.807, 2.05) is 12.1 Å². The van der Waals surface area contributed by atoms with Crippen LogP contribution in [0.3, 0.4) is 0 Å². The number of rotatable bonds is 1. The molecule has 1 nitrogen and oxygen atoms in total. The molecule has 0 saturated carbocycles. The monoisotopic (exact) mass is 198 g/mol. The minimum Gasteiger partial charge on any atom is -0.508 e. The molecule has 1 unspecified atom stereocenters. The fraction of sp³-hybridized carbons (Fsp3) is 0.455. The molecule has 1 aromatic carbocycles. The lowest BCUT2D eigenvalue weighted by atomic mass is 9.87. The number of benzene rings is 1. The van der Waals surface area contributed by atoms with E-state index in [0.29, 0.717) is 0 Å². The van der Waals surface area contributed by atoms with Crippen molar-refractivity contribution < 1.29 is 5.11 Å². The predicted molar refractivity (Wildman–Crippen MR) is 56.2 cm³/mol. The second-order valence-electron chi connectivity index (χ2n) is 4.32. The zero-order valence-electron chi connectivity index (χ0n) is 8.21. The number of alkyl halides is 1. The molecule has 0 saturated heterocycles. The third-order valence-electron chi connectivity index (χ3n) is 1.95. The van der Waals surface area contributed by atoms with Crippen molar-refractivity contribution in [1.29, 1.82) is 0 Å². The van der Waals surface area contributed by atoms with Gasteiger partial charge in [0.05, 0.1) is 5.38 Å². The Balaban J connectivity index is 2.90. The maximum absolute atomic E-state index is 9.10. The summed E-state index contributed by atoms with van der Waals surface area (Å²) in [5.41, 5.74) is 1.09. The summed E-state index contributed by atoms with van der Waals surface area (Å²) in [5, 5.41) is 9.08. The molecule has 0 aliphatic heterocycles. The molecule has 1 rings (SSSR count). The summed E-state index contributed by atoms with van der Waals surface area (Å²) in [4.78, 5) is 0. The van der Waals surface area contributed by atoms with Crippen LogP contribution < -0.4 is 0 Å². The van der Waals surface area contributed by atoms with Crippen molar-refractivity contribution in [1.82, 2.24) is 0 Å². The average molecular weight is 199 g/mol. The number of aromatic hydroxyl groups is 1. The molecule has 72 valence electrons. The quantitative estimate of drug-likeness (QED) is 0.682. The van der Waals surface area contributed by atoms with Crippen molar-refractivity contribution in [2.75, 3.05) is 0 Å². The van der Waals surface area contributed by atoms with E-state index < -0.39 is 0 Å². The second kappa shape index (κ2) is 3.59. The molecule has 1 N–H and O–H groups in total. The zero-order chi connectivity index (χ0) is 10.1. The predicted octanol–water partition coefficient (Wildman–Crippen LogP) is 3.72. The molecule has 0 aliphatic rings. The van der Waals surface area contributed by atoms with Crippen molar-refractivity contribution in [2.45, 2.75) is 26.1 Å². The van der Waals surface area contributed by atoms with E-state index in [9.17, 15) is 0 Å². The topological polar surface area (TPSA) is 20.2 Å². The Morgan fingerprint density at radius 2 is 1.62 bits per heavy atom. The van der Waals surface area contributed by atoms with Crippen LogP contribution in [0.1, 0.15) is 31.7 Å². The Hall–Kier alpha value is -0.690. The van der Waals surface area contributed by atoms with Crippen LogP contribution >= 0.6 is 11.6 Å². The van der Waals surface area contributed by atoms with E-state index >= 15 is 0 Å². The van der Waals surface area contributed by atoms with E-state index in [1.54, 1.807) is 12.1 Å². The third kappa shape index (κ3) is 2.63. The SMILES string of the molecule is CC(C)(C)C(Cl)c1ccc(O)cc1. The first-order valence-electron chi connectivity index (χ1n) is 4.34. The van der Waals surface area contributed by atoms with Crippen LogP contribution in [0.25, 0.3) is 0 Å². The molecule has 0 amide bonds.